The van der Waals surface area contributed by atoms with Crippen LogP contribution in [0.5, 0.6) is 0 Å². The molecular formula is C30H59NO6. The monoisotopic (exact) mass is 529 g/mol. The van der Waals surface area contributed by atoms with Gasteiger partial charge in [-0.3, -0.25) is 9.59 Å². The smallest absolute Gasteiger partial charge is 0.303 e. The SMILES string of the molecule is CCCCCCCCC(O)C(CCCCCCCC(=O)NCCCC(C)(C)CC(=O)O)OCCOCC. The highest BCUT2D eigenvalue weighted by Crippen LogP contribution is 2.26. The third-order valence-electron chi connectivity index (χ3n) is 6.92. The van der Waals surface area contributed by atoms with Crippen LogP contribution < -0.4 is 5.32 Å². The maximum atomic E-state index is 12.0. The summed E-state index contributed by atoms with van der Waals surface area (Å²) < 4.78 is 11.4. The zero-order valence-corrected chi connectivity index (χ0v) is 24.5. The quantitative estimate of drug-likeness (QED) is 0.103. The highest BCUT2D eigenvalue weighted by atomic mass is 16.5. The number of aliphatic carboxylic acids is 1. The van der Waals surface area contributed by atoms with Gasteiger partial charge in [0.25, 0.3) is 0 Å². The van der Waals surface area contributed by atoms with Crippen molar-refractivity contribution in [1.82, 2.24) is 5.32 Å². The van der Waals surface area contributed by atoms with Crippen LogP contribution in [-0.4, -0.2) is 60.7 Å². The molecular weight excluding hydrogens is 470 g/mol. The predicted octanol–water partition coefficient (Wildman–Crippen LogP) is 6.65. The van der Waals surface area contributed by atoms with E-state index in [1.807, 2.05) is 20.8 Å². The Labute approximate surface area is 227 Å². The van der Waals surface area contributed by atoms with Gasteiger partial charge in [0.1, 0.15) is 0 Å². The molecule has 0 heterocycles. The van der Waals surface area contributed by atoms with Crippen molar-refractivity contribution in [1.29, 1.82) is 0 Å². The second kappa shape index (κ2) is 23.9. The first-order valence-electron chi connectivity index (χ1n) is 15.1. The number of carbonyl (C=O) groups is 2. The highest BCUT2D eigenvalue weighted by molar-refractivity contribution is 5.75. The molecule has 0 spiro atoms. The summed E-state index contributed by atoms with van der Waals surface area (Å²) in [4.78, 5) is 22.9. The number of amides is 1. The zero-order chi connectivity index (χ0) is 27.8. The van der Waals surface area contributed by atoms with Crippen molar-refractivity contribution >= 4 is 11.9 Å². The molecule has 0 aromatic rings. The number of ether oxygens (including phenoxy) is 2. The Hall–Kier alpha value is -1.18. The predicted molar refractivity (Wildman–Crippen MR) is 151 cm³/mol. The van der Waals surface area contributed by atoms with Crippen LogP contribution in [0.1, 0.15) is 137 Å². The van der Waals surface area contributed by atoms with Gasteiger partial charge in [0.05, 0.1) is 31.8 Å². The lowest BCUT2D eigenvalue weighted by molar-refractivity contribution is -0.139. The van der Waals surface area contributed by atoms with Crippen LogP contribution in [0.4, 0.5) is 0 Å². The number of unbranched alkanes of at least 4 members (excludes halogenated alkanes) is 9. The largest absolute Gasteiger partial charge is 0.481 e. The van der Waals surface area contributed by atoms with Gasteiger partial charge in [-0.15, -0.1) is 0 Å². The third-order valence-corrected chi connectivity index (χ3v) is 6.92. The fourth-order valence-corrected chi connectivity index (χ4v) is 4.65. The summed E-state index contributed by atoms with van der Waals surface area (Å²) in [5.41, 5.74) is -0.242. The highest BCUT2D eigenvalue weighted by Gasteiger charge is 2.21. The molecule has 220 valence electrons. The molecule has 0 saturated carbocycles. The lowest BCUT2D eigenvalue weighted by atomic mass is 9.84. The summed E-state index contributed by atoms with van der Waals surface area (Å²) in [5, 5.41) is 22.6. The number of aliphatic hydroxyl groups is 1. The lowest BCUT2D eigenvalue weighted by Gasteiger charge is -2.23. The maximum Gasteiger partial charge on any atom is 0.303 e. The number of carboxylic acid groups (broad SMARTS) is 1. The standard InChI is InChI=1S/C30H59NO6/c1-5-7-8-9-11-14-18-26(32)27(37-24-23-36-6-2)19-15-12-10-13-16-20-28(33)31-22-17-21-30(3,4)25-29(34)35/h26-27,32H,5-25H2,1-4H3,(H,31,33)(H,34,35). The molecule has 0 aromatic carbocycles. The molecule has 0 rings (SSSR count). The van der Waals surface area contributed by atoms with Gasteiger partial charge in [0.15, 0.2) is 0 Å². The van der Waals surface area contributed by atoms with Gasteiger partial charge < -0.3 is 25.0 Å². The van der Waals surface area contributed by atoms with Gasteiger partial charge in [-0.25, -0.2) is 0 Å². The van der Waals surface area contributed by atoms with Crippen molar-refractivity contribution in [2.45, 2.75) is 149 Å². The normalized spacial score (nSPS) is 13.4. The number of carbonyl (C=O) groups excluding carboxylic acids is 1. The Morgan fingerprint density at radius 2 is 1.46 bits per heavy atom. The molecule has 0 saturated heterocycles. The van der Waals surface area contributed by atoms with E-state index < -0.39 is 12.1 Å². The molecule has 0 radical (unpaired) electrons. The fraction of sp³-hybridized carbons (Fsp3) is 0.933. The Kier molecular flexibility index (Phi) is 23.1. The number of aliphatic hydroxyl groups excluding tert-OH is 1. The van der Waals surface area contributed by atoms with E-state index >= 15 is 0 Å². The van der Waals surface area contributed by atoms with Crippen molar-refractivity contribution in [3.05, 3.63) is 0 Å². The molecule has 1 amide bonds. The van der Waals surface area contributed by atoms with E-state index in [2.05, 4.69) is 12.2 Å². The van der Waals surface area contributed by atoms with Crippen LogP contribution in [-0.2, 0) is 19.1 Å². The third kappa shape index (κ3) is 23.7. The second-order valence-electron chi connectivity index (χ2n) is 11.2. The van der Waals surface area contributed by atoms with E-state index in [1.165, 1.54) is 32.1 Å². The fourth-order valence-electron chi connectivity index (χ4n) is 4.65. The molecule has 0 aromatic heterocycles. The summed E-state index contributed by atoms with van der Waals surface area (Å²) >= 11 is 0. The zero-order valence-electron chi connectivity index (χ0n) is 24.5. The van der Waals surface area contributed by atoms with Gasteiger partial charge in [-0.05, 0) is 44.4 Å². The molecule has 7 nitrogen and oxygen atoms in total. The molecule has 2 atom stereocenters. The summed E-state index contributed by atoms with van der Waals surface area (Å²) in [6.07, 6.45) is 15.8. The van der Waals surface area contributed by atoms with Crippen LogP contribution >= 0.6 is 0 Å². The molecule has 0 fully saturated rings. The lowest BCUT2D eigenvalue weighted by Crippen LogP contribution is -2.30. The number of carboxylic acids is 1. The molecule has 3 N–H and O–H groups in total. The van der Waals surface area contributed by atoms with Crippen molar-refractivity contribution in [3.8, 4) is 0 Å². The molecule has 0 aliphatic rings. The minimum atomic E-state index is -0.775. The van der Waals surface area contributed by atoms with Gasteiger partial charge in [0, 0.05) is 19.6 Å². The molecule has 0 aliphatic heterocycles. The minimum Gasteiger partial charge on any atom is -0.481 e. The summed E-state index contributed by atoms with van der Waals surface area (Å²) in [6, 6.07) is 0. The molecule has 2 unspecified atom stereocenters. The van der Waals surface area contributed by atoms with Crippen LogP contribution in [0.3, 0.4) is 0 Å². The average molecular weight is 530 g/mol. The topological polar surface area (TPSA) is 105 Å². The van der Waals surface area contributed by atoms with Crippen LogP contribution in [0.25, 0.3) is 0 Å². The number of nitrogens with one attached hydrogen (secondary N) is 1. The van der Waals surface area contributed by atoms with Gasteiger partial charge in [-0.2, -0.15) is 0 Å². The van der Waals surface area contributed by atoms with Crippen LogP contribution in [0.15, 0.2) is 0 Å². The summed E-state index contributed by atoms with van der Waals surface area (Å²) in [7, 11) is 0. The number of hydrogen-bond acceptors (Lipinski definition) is 5. The van der Waals surface area contributed by atoms with Crippen molar-refractivity contribution in [2.75, 3.05) is 26.4 Å². The second-order valence-corrected chi connectivity index (χ2v) is 11.2. The molecule has 0 bridgehead atoms. The minimum absolute atomic E-state index is 0.0802. The summed E-state index contributed by atoms with van der Waals surface area (Å²) in [6.45, 7) is 10.5. The van der Waals surface area contributed by atoms with E-state index in [0.29, 0.717) is 32.8 Å². The van der Waals surface area contributed by atoms with Crippen LogP contribution in [0, 0.1) is 5.41 Å². The van der Waals surface area contributed by atoms with Gasteiger partial charge in [0.2, 0.25) is 5.91 Å². The van der Waals surface area contributed by atoms with Gasteiger partial charge in [-0.1, -0.05) is 85.0 Å². The van der Waals surface area contributed by atoms with E-state index in [1.54, 1.807) is 0 Å². The summed E-state index contributed by atoms with van der Waals surface area (Å²) in [5.74, 6) is -0.695. The first kappa shape index (κ1) is 35.8. The number of hydrogen-bond donors (Lipinski definition) is 3. The first-order chi connectivity index (χ1) is 17.7. The van der Waals surface area contributed by atoms with Crippen molar-refractivity contribution < 1.29 is 29.3 Å². The molecule has 0 aliphatic carbocycles. The van der Waals surface area contributed by atoms with E-state index in [9.17, 15) is 14.7 Å². The van der Waals surface area contributed by atoms with Crippen molar-refractivity contribution in [2.24, 2.45) is 5.41 Å². The van der Waals surface area contributed by atoms with Gasteiger partial charge >= 0.3 is 5.97 Å². The average Bonchev–Trinajstić information content (AvgIpc) is 2.83. The van der Waals surface area contributed by atoms with E-state index in [4.69, 9.17) is 14.6 Å². The maximum absolute atomic E-state index is 12.0. The Bertz CT molecular complexity index is 554. The Balaban J connectivity index is 3.99. The van der Waals surface area contributed by atoms with E-state index in [-0.39, 0.29) is 23.8 Å². The van der Waals surface area contributed by atoms with Crippen LogP contribution in [0.2, 0.25) is 0 Å². The number of rotatable bonds is 27. The first-order valence-corrected chi connectivity index (χ1v) is 15.1. The van der Waals surface area contributed by atoms with Crippen molar-refractivity contribution in [3.63, 3.8) is 0 Å². The molecule has 7 heteroatoms. The van der Waals surface area contributed by atoms with E-state index in [0.717, 1.165) is 64.2 Å². The Morgan fingerprint density at radius 3 is 2.11 bits per heavy atom. The Morgan fingerprint density at radius 1 is 0.838 bits per heavy atom. The molecule has 37 heavy (non-hydrogen) atoms.